The van der Waals surface area contributed by atoms with Gasteiger partial charge in [0.25, 0.3) is 0 Å². The Morgan fingerprint density at radius 2 is 1.45 bits per heavy atom. The van der Waals surface area contributed by atoms with Crippen molar-refractivity contribution in [1.82, 2.24) is 0 Å². The van der Waals surface area contributed by atoms with Crippen molar-refractivity contribution in [3.8, 4) is 0 Å². The van der Waals surface area contributed by atoms with Crippen LogP contribution in [0.4, 0.5) is 5.69 Å². The number of rotatable bonds is 3. The maximum Gasteiger partial charge on any atom is 0.199 e. The molecule has 0 aliphatic heterocycles. The van der Waals surface area contributed by atoms with Gasteiger partial charge in [0.15, 0.2) is 5.71 Å². The standard InChI is InChI=1S/C20H27N2/c1-15(2)20(16-7-11-18(12-8-16)21(3)4)17-9-13-19(14-10-17)22(5)6/h7-15H,1-6H3/q+1. The molecule has 2 rings (SSSR count). The highest BCUT2D eigenvalue weighted by molar-refractivity contribution is 6.03. The van der Waals surface area contributed by atoms with E-state index < -0.39 is 0 Å². The van der Waals surface area contributed by atoms with Crippen LogP contribution >= 0.6 is 0 Å². The summed E-state index contributed by atoms with van der Waals surface area (Å²) < 4.78 is 2.13. The Morgan fingerprint density at radius 3 is 1.86 bits per heavy atom. The summed E-state index contributed by atoms with van der Waals surface area (Å²) in [6, 6.07) is 8.83. The van der Waals surface area contributed by atoms with Gasteiger partial charge in [0.2, 0.25) is 0 Å². The molecule has 2 heteroatoms. The zero-order chi connectivity index (χ0) is 16.3. The van der Waals surface area contributed by atoms with Gasteiger partial charge in [-0.1, -0.05) is 26.0 Å². The lowest BCUT2D eigenvalue weighted by molar-refractivity contribution is -0.462. The Bertz CT molecular complexity index is 631. The van der Waals surface area contributed by atoms with Crippen LogP contribution < -0.4 is 4.90 Å². The first-order valence-electron chi connectivity index (χ1n) is 7.82. The number of hydrogen-bond acceptors (Lipinski definition) is 1. The lowest BCUT2D eigenvalue weighted by Gasteiger charge is -2.18. The van der Waals surface area contributed by atoms with E-state index in [0.29, 0.717) is 5.92 Å². The van der Waals surface area contributed by atoms with Gasteiger partial charge in [0.1, 0.15) is 14.1 Å². The Balaban J connectivity index is 2.44. The van der Waals surface area contributed by atoms with Crippen LogP contribution in [0, 0.1) is 5.92 Å². The first-order valence-corrected chi connectivity index (χ1v) is 7.82. The molecule has 0 N–H and O–H groups in total. The third-order valence-corrected chi connectivity index (χ3v) is 3.97. The molecule has 1 aromatic carbocycles. The van der Waals surface area contributed by atoms with Gasteiger partial charge in [0, 0.05) is 31.9 Å². The highest BCUT2D eigenvalue weighted by atomic mass is 15.1. The molecule has 0 aromatic heterocycles. The van der Waals surface area contributed by atoms with Crippen molar-refractivity contribution in [2.45, 2.75) is 13.8 Å². The molecule has 0 saturated carbocycles. The summed E-state index contributed by atoms with van der Waals surface area (Å²) in [6.45, 7) is 4.52. The molecular weight excluding hydrogens is 268 g/mol. The van der Waals surface area contributed by atoms with Crippen LogP contribution in [0.2, 0.25) is 0 Å². The predicted octanol–water partition coefficient (Wildman–Crippen LogP) is 4.00. The van der Waals surface area contributed by atoms with Crippen molar-refractivity contribution in [3.63, 3.8) is 0 Å². The zero-order valence-electron chi connectivity index (χ0n) is 14.6. The first-order chi connectivity index (χ1) is 10.4. The normalized spacial score (nSPS) is 13.8. The molecule has 2 nitrogen and oxygen atoms in total. The van der Waals surface area contributed by atoms with Crippen LogP contribution in [0.3, 0.4) is 0 Å². The van der Waals surface area contributed by atoms with Gasteiger partial charge in [-0.15, -0.1) is 0 Å². The Morgan fingerprint density at radius 1 is 0.909 bits per heavy atom. The van der Waals surface area contributed by atoms with Gasteiger partial charge in [-0.2, -0.15) is 0 Å². The number of allylic oxidation sites excluding steroid dienone is 6. The number of benzene rings is 1. The Hall–Kier alpha value is -2.09. The van der Waals surface area contributed by atoms with E-state index in [2.05, 4.69) is 100 Å². The summed E-state index contributed by atoms with van der Waals surface area (Å²) in [6.07, 6.45) is 8.83. The van der Waals surface area contributed by atoms with Crippen molar-refractivity contribution in [3.05, 3.63) is 59.7 Å². The molecule has 0 amide bonds. The Labute approximate surface area is 134 Å². The van der Waals surface area contributed by atoms with Gasteiger partial charge in [-0.05, 0) is 46.9 Å². The first kappa shape index (κ1) is 16.3. The number of anilines is 1. The van der Waals surface area contributed by atoms with Gasteiger partial charge >= 0.3 is 0 Å². The molecule has 0 atom stereocenters. The smallest absolute Gasteiger partial charge is 0.199 e. The van der Waals surface area contributed by atoms with Gasteiger partial charge in [-0.25, -0.2) is 4.58 Å². The highest BCUT2D eigenvalue weighted by Crippen LogP contribution is 2.30. The second kappa shape index (κ2) is 6.78. The molecule has 0 spiro atoms. The van der Waals surface area contributed by atoms with Crippen LogP contribution in [0.25, 0.3) is 5.57 Å². The molecule has 1 aliphatic carbocycles. The van der Waals surface area contributed by atoms with Crippen molar-refractivity contribution >= 4 is 17.0 Å². The molecular formula is C20H27N2+. The lowest BCUT2D eigenvalue weighted by Crippen LogP contribution is -2.10. The SMILES string of the molecule is CC(C)C(=C1C=CC(=[N+](C)C)C=C1)c1ccc(N(C)C)cc1. The van der Waals surface area contributed by atoms with Crippen molar-refractivity contribution in [2.75, 3.05) is 33.1 Å². The number of nitrogens with zero attached hydrogens (tertiary/aromatic N) is 2. The third kappa shape index (κ3) is 3.56. The molecule has 0 bridgehead atoms. The topological polar surface area (TPSA) is 6.25 Å². The van der Waals surface area contributed by atoms with E-state index in [0.717, 1.165) is 0 Å². The zero-order valence-corrected chi connectivity index (χ0v) is 14.6. The molecule has 0 heterocycles. The molecule has 1 aromatic rings. The molecule has 116 valence electrons. The minimum Gasteiger partial charge on any atom is -0.378 e. The largest absolute Gasteiger partial charge is 0.378 e. The van der Waals surface area contributed by atoms with Crippen molar-refractivity contribution in [2.24, 2.45) is 5.92 Å². The minimum absolute atomic E-state index is 0.482. The summed E-state index contributed by atoms with van der Waals surface area (Å²) in [7, 11) is 8.29. The fourth-order valence-electron chi connectivity index (χ4n) is 2.71. The average Bonchev–Trinajstić information content (AvgIpc) is 2.48. The van der Waals surface area contributed by atoms with E-state index >= 15 is 0 Å². The van der Waals surface area contributed by atoms with Crippen LogP contribution in [0.5, 0.6) is 0 Å². The second-order valence-corrected chi connectivity index (χ2v) is 6.45. The van der Waals surface area contributed by atoms with E-state index in [1.807, 2.05) is 0 Å². The van der Waals surface area contributed by atoms with Gasteiger partial charge < -0.3 is 4.90 Å². The summed E-state index contributed by atoms with van der Waals surface area (Å²) in [5.41, 5.74) is 6.47. The molecule has 22 heavy (non-hydrogen) atoms. The van der Waals surface area contributed by atoms with Crippen LogP contribution in [-0.2, 0) is 0 Å². The summed E-state index contributed by atoms with van der Waals surface area (Å²) in [5, 5.41) is 0. The monoisotopic (exact) mass is 295 g/mol. The van der Waals surface area contributed by atoms with E-state index in [1.165, 1.54) is 28.1 Å². The lowest BCUT2D eigenvalue weighted by atomic mass is 9.88. The average molecular weight is 295 g/mol. The van der Waals surface area contributed by atoms with Gasteiger partial charge in [0.05, 0.1) is 0 Å². The van der Waals surface area contributed by atoms with Gasteiger partial charge in [-0.3, -0.25) is 0 Å². The van der Waals surface area contributed by atoms with Crippen molar-refractivity contribution < 1.29 is 4.58 Å². The van der Waals surface area contributed by atoms with E-state index in [4.69, 9.17) is 0 Å². The maximum absolute atomic E-state index is 2.26. The molecule has 0 fully saturated rings. The van der Waals surface area contributed by atoms with Crippen LogP contribution in [0.15, 0.2) is 54.1 Å². The minimum atomic E-state index is 0.482. The quantitative estimate of drug-likeness (QED) is 0.764. The highest BCUT2D eigenvalue weighted by Gasteiger charge is 2.13. The van der Waals surface area contributed by atoms with Crippen LogP contribution in [-0.4, -0.2) is 38.5 Å². The van der Waals surface area contributed by atoms with Crippen LogP contribution in [0.1, 0.15) is 19.4 Å². The van der Waals surface area contributed by atoms with E-state index in [-0.39, 0.29) is 0 Å². The fourth-order valence-corrected chi connectivity index (χ4v) is 2.71. The Kier molecular flexibility index (Phi) is 5.02. The number of hydrogen-bond donors (Lipinski definition) is 0. The van der Waals surface area contributed by atoms with Crippen molar-refractivity contribution in [1.29, 1.82) is 0 Å². The predicted molar refractivity (Wildman–Crippen MR) is 97.9 cm³/mol. The summed E-state index contributed by atoms with van der Waals surface area (Å²) in [4.78, 5) is 2.13. The van der Waals surface area contributed by atoms with E-state index in [9.17, 15) is 0 Å². The maximum atomic E-state index is 2.26. The molecule has 0 unspecified atom stereocenters. The molecule has 0 radical (unpaired) electrons. The molecule has 0 saturated heterocycles. The third-order valence-electron chi connectivity index (χ3n) is 3.97. The summed E-state index contributed by atoms with van der Waals surface area (Å²) in [5.74, 6) is 0.482. The second-order valence-electron chi connectivity index (χ2n) is 6.45. The van der Waals surface area contributed by atoms with E-state index in [1.54, 1.807) is 0 Å². The molecule has 1 aliphatic rings. The fraction of sp³-hybridized carbons (Fsp3) is 0.350. The summed E-state index contributed by atoms with van der Waals surface area (Å²) >= 11 is 0.